The highest BCUT2D eigenvalue weighted by Gasteiger charge is 2.34. The maximum Gasteiger partial charge on any atom is 0.239 e. The number of nitrogens with one attached hydrogen (secondary N) is 1. The molecule has 0 aromatic rings. The van der Waals surface area contributed by atoms with Crippen LogP contribution in [0, 0.1) is 0 Å². The van der Waals surface area contributed by atoms with Gasteiger partial charge in [-0.25, -0.2) is 0 Å². The average Bonchev–Trinajstić information content (AvgIpc) is 2.18. The van der Waals surface area contributed by atoms with Crippen LogP contribution in [0.2, 0.25) is 0 Å². The summed E-state index contributed by atoms with van der Waals surface area (Å²) in [6, 6.07) is 0. The van der Waals surface area contributed by atoms with E-state index in [1.807, 2.05) is 13.8 Å². The van der Waals surface area contributed by atoms with Gasteiger partial charge in [-0.3, -0.25) is 9.69 Å². The zero-order chi connectivity index (χ0) is 9.90. The number of nitrogens with zero attached hydrogens (tertiary/aromatic N) is 1. The van der Waals surface area contributed by atoms with E-state index in [1.165, 1.54) is 19.3 Å². The second-order valence-corrected chi connectivity index (χ2v) is 4.19. The van der Waals surface area contributed by atoms with Crippen molar-refractivity contribution < 1.29 is 4.79 Å². The number of amides is 1. The van der Waals surface area contributed by atoms with Gasteiger partial charge < -0.3 is 5.32 Å². The second-order valence-electron chi connectivity index (χ2n) is 4.19. The molecule has 1 aliphatic heterocycles. The fraction of sp³-hybridized carbons (Fsp3) is 0.900. The first-order valence-electron chi connectivity index (χ1n) is 5.06. The maximum absolute atomic E-state index is 11.6. The van der Waals surface area contributed by atoms with E-state index in [0.29, 0.717) is 0 Å². The largest absolute Gasteiger partial charge is 0.358 e. The number of hydrogen-bond donors (Lipinski definition) is 1. The molecule has 3 heteroatoms. The number of carbonyl (C=O) groups excluding carboxylic acids is 1. The molecule has 0 unspecified atom stereocenters. The fourth-order valence-electron chi connectivity index (χ4n) is 1.90. The lowest BCUT2D eigenvalue weighted by molar-refractivity contribution is -0.131. The van der Waals surface area contributed by atoms with Crippen molar-refractivity contribution in [2.75, 3.05) is 20.1 Å². The van der Waals surface area contributed by atoms with Crippen LogP contribution in [0.15, 0.2) is 0 Å². The molecule has 1 fully saturated rings. The molecular weight excluding hydrogens is 164 g/mol. The van der Waals surface area contributed by atoms with Crippen molar-refractivity contribution in [3.63, 3.8) is 0 Å². The number of hydrogen-bond acceptors (Lipinski definition) is 2. The van der Waals surface area contributed by atoms with Gasteiger partial charge >= 0.3 is 0 Å². The Balaban J connectivity index is 2.60. The molecule has 1 aliphatic rings. The second kappa shape index (κ2) is 4.09. The SMILES string of the molecule is CNC(=O)C(C)(C)N1CCCCC1. The minimum atomic E-state index is -0.338. The number of rotatable bonds is 2. The Hall–Kier alpha value is -0.570. The molecule has 1 saturated heterocycles. The van der Waals surface area contributed by atoms with Crippen LogP contribution in [0.5, 0.6) is 0 Å². The van der Waals surface area contributed by atoms with Crippen molar-refractivity contribution >= 4 is 5.91 Å². The monoisotopic (exact) mass is 184 g/mol. The van der Waals surface area contributed by atoms with Crippen LogP contribution in [0.4, 0.5) is 0 Å². The van der Waals surface area contributed by atoms with Crippen LogP contribution in [0.1, 0.15) is 33.1 Å². The Bertz CT molecular complexity index is 183. The van der Waals surface area contributed by atoms with Gasteiger partial charge in [0.05, 0.1) is 5.54 Å². The van der Waals surface area contributed by atoms with Crippen LogP contribution in [-0.2, 0) is 4.79 Å². The first-order chi connectivity index (χ1) is 6.09. The summed E-state index contributed by atoms with van der Waals surface area (Å²) in [5, 5.41) is 2.72. The molecule has 1 N–H and O–H groups in total. The summed E-state index contributed by atoms with van der Waals surface area (Å²) in [7, 11) is 1.70. The van der Waals surface area contributed by atoms with Gasteiger partial charge in [0.2, 0.25) is 5.91 Å². The van der Waals surface area contributed by atoms with Crippen molar-refractivity contribution in [2.45, 2.75) is 38.6 Å². The molecule has 0 saturated carbocycles. The molecule has 1 heterocycles. The topological polar surface area (TPSA) is 32.3 Å². The lowest BCUT2D eigenvalue weighted by atomic mass is 9.98. The summed E-state index contributed by atoms with van der Waals surface area (Å²) in [5.41, 5.74) is -0.338. The van der Waals surface area contributed by atoms with Gasteiger partial charge in [0, 0.05) is 7.05 Å². The van der Waals surface area contributed by atoms with Gasteiger partial charge in [0.25, 0.3) is 0 Å². The molecule has 1 amide bonds. The van der Waals surface area contributed by atoms with Gasteiger partial charge in [0.1, 0.15) is 0 Å². The van der Waals surface area contributed by atoms with E-state index in [2.05, 4.69) is 10.2 Å². The molecule has 3 nitrogen and oxygen atoms in total. The fourth-order valence-corrected chi connectivity index (χ4v) is 1.90. The molecule has 0 aromatic heterocycles. The van der Waals surface area contributed by atoms with Crippen LogP contribution in [-0.4, -0.2) is 36.5 Å². The van der Waals surface area contributed by atoms with E-state index in [-0.39, 0.29) is 11.4 Å². The highest BCUT2D eigenvalue weighted by Crippen LogP contribution is 2.20. The summed E-state index contributed by atoms with van der Waals surface area (Å²) in [4.78, 5) is 13.9. The zero-order valence-corrected chi connectivity index (χ0v) is 8.89. The third-order valence-electron chi connectivity index (χ3n) is 2.93. The molecule has 0 spiro atoms. The van der Waals surface area contributed by atoms with Gasteiger partial charge in [-0.2, -0.15) is 0 Å². The first kappa shape index (κ1) is 10.5. The summed E-state index contributed by atoms with van der Waals surface area (Å²) < 4.78 is 0. The third-order valence-corrected chi connectivity index (χ3v) is 2.93. The van der Waals surface area contributed by atoms with E-state index >= 15 is 0 Å². The Labute approximate surface area is 80.5 Å². The predicted molar refractivity (Wildman–Crippen MR) is 53.6 cm³/mol. The highest BCUT2D eigenvalue weighted by molar-refractivity contribution is 5.85. The maximum atomic E-state index is 11.6. The number of likely N-dealkylation sites (N-methyl/N-ethyl adjacent to an activating group) is 1. The number of likely N-dealkylation sites (tertiary alicyclic amines) is 1. The van der Waals surface area contributed by atoms with Gasteiger partial charge in [0.15, 0.2) is 0 Å². The Morgan fingerprint density at radius 1 is 1.23 bits per heavy atom. The average molecular weight is 184 g/mol. The summed E-state index contributed by atoms with van der Waals surface area (Å²) in [6.45, 7) is 6.11. The first-order valence-corrected chi connectivity index (χ1v) is 5.06. The van der Waals surface area contributed by atoms with E-state index in [9.17, 15) is 4.79 Å². The zero-order valence-electron chi connectivity index (χ0n) is 8.89. The predicted octanol–water partition coefficient (Wildman–Crippen LogP) is 0.997. The van der Waals surface area contributed by atoms with Crippen molar-refractivity contribution in [3.05, 3.63) is 0 Å². The standard InChI is InChI=1S/C10H20N2O/c1-10(2,9(13)11-3)12-7-5-4-6-8-12/h4-8H2,1-3H3,(H,11,13). The molecule has 0 atom stereocenters. The lowest BCUT2D eigenvalue weighted by Crippen LogP contribution is -2.55. The molecule has 76 valence electrons. The Kier molecular flexibility index (Phi) is 3.31. The summed E-state index contributed by atoms with van der Waals surface area (Å²) in [6.07, 6.45) is 3.75. The van der Waals surface area contributed by atoms with Crippen molar-refractivity contribution in [1.82, 2.24) is 10.2 Å². The molecular formula is C10H20N2O. The number of carbonyl (C=O) groups is 1. The van der Waals surface area contributed by atoms with E-state index in [0.717, 1.165) is 13.1 Å². The van der Waals surface area contributed by atoms with Crippen LogP contribution in [0.25, 0.3) is 0 Å². The Morgan fingerprint density at radius 3 is 2.23 bits per heavy atom. The van der Waals surface area contributed by atoms with Crippen molar-refractivity contribution in [1.29, 1.82) is 0 Å². The third kappa shape index (κ3) is 2.21. The van der Waals surface area contributed by atoms with E-state index in [4.69, 9.17) is 0 Å². The molecule has 0 aliphatic carbocycles. The number of piperidine rings is 1. The van der Waals surface area contributed by atoms with Crippen LogP contribution in [0.3, 0.4) is 0 Å². The van der Waals surface area contributed by atoms with Gasteiger partial charge in [-0.15, -0.1) is 0 Å². The van der Waals surface area contributed by atoms with Crippen LogP contribution < -0.4 is 5.32 Å². The normalized spacial score (nSPS) is 19.9. The molecule has 0 radical (unpaired) electrons. The van der Waals surface area contributed by atoms with Gasteiger partial charge in [-0.05, 0) is 39.8 Å². The minimum Gasteiger partial charge on any atom is -0.358 e. The summed E-state index contributed by atoms with van der Waals surface area (Å²) in [5.74, 6) is 0.120. The van der Waals surface area contributed by atoms with Gasteiger partial charge in [-0.1, -0.05) is 6.42 Å². The van der Waals surface area contributed by atoms with E-state index in [1.54, 1.807) is 7.05 Å². The summed E-state index contributed by atoms with van der Waals surface area (Å²) >= 11 is 0. The molecule has 13 heavy (non-hydrogen) atoms. The van der Waals surface area contributed by atoms with Crippen molar-refractivity contribution in [3.8, 4) is 0 Å². The van der Waals surface area contributed by atoms with Crippen LogP contribution >= 0.6 is 0 Å². The Morgan fingerprint density at radius 2 is 1.77 bits per heavy atom. The smallest absolute Gasteiger partial charge is 0.239 e. The molecule has 0 bridgehead atoms. The van der Waals surface area contributed by atoms with Crippen molar-refractivity contribution in [2.24, 2.45) is 0 Å². The lowest BCUT2D eigenvalue weighted by Gasteiger charge is -2.39. The minimum absolute atomic E-state index is 0.120. The van der Waals surface area contributed by atoms with E-state index < -0.39 is 0 Å². The molecule has 1 rings (SSSR count). The highest BCUT2D eigenvalue weighted by atomic mass is 16.2. The quantitative estimate of drug-likeness (QED) is 0.694. The molecule has 0 aromatic carbocycles.